The van der Waals surface area contributed by atoms with Gasteiger partial charge in [0.2, 0.25) is 5.75 Å². The average molecular weight is 480 g/mol. The molecule has 2 fully saturated rings. The molecule has 1 heterocycles. The molecule has 5 rings (SSSR count). The van der Waals surface area contributed by atoms with Crippen LogP contribution < -0.4 is 19.5 Å². The molecule has 1 atom stereocenters. The highest BCUT2D eigenvalue weighted by atomic mass is 16.5. The zero-order valence-electron chi connectivity index (χ0n) is 20.4. The van der Waals surface area contributed by atoms with E-state index in [1.54, 1.807) is 14.2 Å². The first-order valence-corrected chi connectivity index (χ1v) is 12.6. The number of nitrogens with one attached hydrogen (secondary N) is 1. The van der Waals surface area contributed by atoms with Crippen molar-refractivity contribution in [2.45, 2.75) is 64.0 Å². The number of hydrogen-bond donors (Lipinski definition) is 2. The smallest absolute Gasteiger partial charge is 0.313 e. The fourth-order valence-electron chi connectivity index (χ4n) is 6.14. The minimum absolute atomic E-state index is 0.0934. The highest BCUT2D eigenvalue weighted by Crippen LogP contribution is 2.53. The molecule has 35 heavy (non-hydrogen) atoms. The number of amides is 1. The number of benzene rings is 2. The molecule has 2 aliphatic carbocycles. The Bertz CT molecular complexity index is 1130. The van der Waals surface area contributed by atoms with Gasteiger partial charge in [0, 0.05) is 17.7 Å². The maximum absolute atomic E-state index is 12.6. The monoisotopic (exact) mass is 479 g/mol. The second-order valence-corrected chi connectivity index (χ2v) is 9.94. The molecule has 0 radical (unpaired) electrons. The van der Waals surface area contributed by atoms with E-state index >= 15 is 0 Å². The van der Waals surface area contributed by atoms with Crippen LogP contribution in [0.25, 0.3) is 11.1 Å². The molecule has 1 unspecified atom stereocenters. The molecule has 3 aliphatic rings. The molecular weight excluding hydrogens is 446 g/mol. The molecule has 0 aromatic heterocycles. The molecule has 0 spiro atoms. The van der Waals surface area contributed by atoms with Crippen molar-refractivity contribution in [3.05, 3.63) is 41.5 Å². The van der Waals surface area contributed by atoms with Crippen LogP contribution in [0, 0.1) is 11.3 Å². The molecule has 0 bridgehead atoms. The standard InChI is InChI=1S/C28H33NO6/c1-33-22-13-12-19(18-10-6-11-20-21(18)16-29-26(20)30)23(24(22)34-2)35-25(17-8-4-3-5-9-17)28(27(31)32)14-7-15-28/h6,10-13,17,25H,3-5,7-9,14-16H2,1-2H3,(H,29,30)(H,31,32). The third-order valence-corrected chi connectivity index (χ3v) is 8.18. The lowest BCUT2D eigenvalue weighted by molar-refractivity contribution is -0.168. The summed E-state index contributed by atoms with van der Waals surface area (Å²) in [6.45, 7) is 0.434. The van der Waals surface area contributed by atoms with Crippen LogP contribution in [0.2, 0.25) is 0 Å². The topological polar surface area (TPSA) is 94.1 Å². The van der Waals surface area contributed by atoms with Crippen molar-refractivity contribution in [3.8, 4) is 28.4 Å². The molecule has 2 saturated carbocycles. The maximum Gasteiger partial charge on any atom is 0.313 e. The Kier molecular flexibility index (Phi) is 6.34. The van der Waals surface area contributed by atoms with Gasteiger partial charge in [-0.2, -0.15) is 0 Å². The Hall–Kier alpha value is -3.22. The van der Waals surface area contributed by atoms with Crippen LogP contribution in [-0.2, 0) is 11.3 Å². The van der Waals surface area contributed by atoms with Gasteiger partial charge < -0.3 is 24.6 Å². The number of carboxylic acid groups (broad SMARTS) is 1. The van der Waals surface area contributed by atoms with Crippen LogP contribution in [0.5, 0.6) is 17.2 Å². The van der Waals surface area contributed by atoms with Crippen molar-refractivity contribution < 1.29 is 28.9 Å². The third kappa shape index (κ3) is 3.91. The first-order chi connectivity index (χ1) is 17.0. The van der Waals surface area contributed by atoms with E-state index in [2.05, 4.69) is 5.32 Å². The first kappa shape index (κ1) is 23.5. The number of hydrogen-bond acceptors (Lipinski definition) is 5. The number of carbonyl (C=O) groups excluding carboxylic acids is 1. The van der Waals surface area contributed by atoms with Gasteiger partial charge in [-0.25, -0.2) is 0 Å². The summed E-state index contributed by atoms with van der Waals surface area (Å²) in [6, 6.07) is 9.40. The molecule has 2 N–H and O–H groups in total. The SMILES string of the molecule is COc1ccc(-c2cccc3c2CNC3=O)c(OC(C2CCCCC2)C2(C(=O)O)CCC2)c1OC. The van der Waals surface area contributed by atoms with Crippen LogP contribution >= 0.6 is 0 Å². The molecule has 2 aromatic carbocycles. The molecule has 1 aliphatic heterocycles. The Morgan fingerprint density at radius 3 is 2.34 bits per heavy atom. The zero-order valence-corrected chi connectivity index (χ0v) is 20.4. The summed E-state index contributed by atoms with van der Waals surface area (Å²) in [5, 5.41) is 13.3. The number of fused-ring (bicyclic) bond motifs is 1. The van der Waals surface area contributed by atoms with Crippen molar-refractivity contribution >= 4 is 11.9 Å². The lowest BCUT2D eigenvalue weighted by Crippen LogP contribution is -2.54. The van der Waals surface area contributed by atoms with E-state index in [1.807, 2.05) is 30.3 Å². The molecule has 7 nitrogen and oxygen atoms in total. The number of carboxylic acids is 1. The van der Waals surface area contributed by atoms with Gasteiger partial charge in [0.25, 0.3) is 5.91 Å². The summed E-state index contributed by atoms with van der Waals surface area (Å²) >= 11 is 0. The van der Waals surface area contributed by atoms with E-state index in [9.17, 15) is 14.7 Å². The summed E-state index contributed by atoms with van der Waals surface area (Å²) in [7, 11) is 3.15. The normalized spacial score (nSPS) is 19.8. The largest absolute Gasteiger partial charge is 0.493 e. The number of aliphatic carboxylic acids is 1. The number of rotatable bonds is 8. The summed E-state index contributed by atoms with van der Waals surface area (Å²) < 4.78 is 18.3. The Balaban J connectivity index is 1.66. The molecule has 2 aromatic rings. The van der Waals surface area contributed by atoms with Crippen LogP contribution in [0.1, 0.15) is 67.3 Å². The minimum atomic E-state index is -0.899. The predicted octanol–water partition coefficient (Wildman–Crippen LogP) is 5.20. The van der Waals surface area contributed by atoms with Gasteiger partial charge in [-0.1, -0.05) is 37.8 Å². The summed E-state index contributed by atoms with van der Waals surface area (Å²) in [5.41, 5.74) is 2.30. The molecule has 0 saturated heterocycles. The van der Waals surface area contributed by atoms with Crippen molar-refractivity contribution in [1.29, 1.82) is 0 Å². The fraction of sp³-hybridized carbons (Fsp3) is 0.500. The van der Waals surface area contributed by atoms with Gasteiger partial charge in [-0.3, -0.25) is 9.59 Å². The highest BCUT2D eigenvalue weighted by molar-refractivity contribution is 6.01. The molecular formula is C28H33NO6. The Labute approximate surface area is 205 Å². The number of carbonyl (C=O) groups is 2. The molecule has 1 amide bonds. The van der Waals surface area contributed by atoms with E-state index < -0.39 is 17.5 Å². The van der Waals surface area contributed by atoms with Gasteiger partial charge in [0.15, 0.2) is 11.5 Å². The quantitative estimate of drug-likeness (QED) is 0.541. The lowest BCUT2D eigenvalue weighted by Gasteiger charge is -2.47. The van der Waals surface area contributed by atoms with E-state index in [1.165, 1.54) is 6.42 Å². The number of ether oxygens (including phenoxy) is 3. The second-order valence-electron chi connectivity index (χ2n) is 9.94. The Morgan fingerprint density at radius 1 is 0.971 bits per heavy atom. The second kappa shape index (κ2) is 9.44. The average Bonchev–Trinajstić information content (AvgIpc) is 3.23. The molecule has 7 heteroatoms. The van der Waals surface area contributed by atoms with Crippen molar-refractivity contribution in [3.63, 3.8) is 0 Å². The van der Waals surface area contributed by atoms with Crippen LogP contribution in [-0.4, -0.2) is 37.3 Å². The van der Waals surface area contributed by atoms with Crippen LogP contribution in [0.15, 0.2) is 30.3 Å². The van der Waals surface area contributed by atoms with Crippen molar-refractivity contribution in [1.82, 2.24) is 5.32 Å². The van der Waals surface area contributed by atoms with E-state index in [-0.39, 0.29) is 11.8 Å². The van der Waals surface area contributed by atoms with E-state index in [0.29, 0.717) is 42.2 Å². The summed E-state index contributed by atoms with van der Waals surface area (Å²) in [5.74, 6) is 0.743. The lowest BCUT2D eigenvalue weighted by atomic mass is 9.60. The molecule has 186 valence electrons. The summed E-state index contributed by atoms with van der Waals surface area (Å²) in [6.07, 6.45) is 6.92. The zero-order chi connectivity index (χ0) is 24.6. The van der Waals surface area contributed by atoms with Gasteiger partial charge in [0.1, 0.15) is 11.5 Å². The van der Waals surface area contributed by atoms with Gasteiger partial charge in [-0.05, 0) is 60.9 Å². The van der Waals surface area contributed by atoms with Gasteiger partial charge in [-0.15, -0.1) is 0 Å². The van der Waals surface area contributed by atoms with Crippen LogP contribution in [0.4, 0.5) is 0 Å². The van der Waals surface area contributed by atoms with E-state index in [0.717, 1.165) is 48.8 Å². The van der Waals surface area contributed by atoms with Crippen LogP contribution in [0.3, 0.4) is 0 Å². The van der Waals surface area contributed by atoms with E-state index in [4.69, 9.17) is 14.2 Å². The maximum atomic E-state index is 12.6. The van der Waals surface area contributed by atoms with Gasteiger partial charge in [0.05, 0.1) is 14.2 Å². The fourth-order valence-corrected chi connectivity index (χ4v) is 6.14. The van der Waals surface area contributed by atoms with Crippen molar-refractivity contribution in [2.75, 3.05) is 14.2 Å². The summed E-state index contributed by atoms with van der Waals surface area (Å²) in [4.78, 5) is 25.0. The first-order valence-electron chi connectivity index (χ1n) is 12.6. The third-order valence-electron chi connectivity index (χ3n) is 8.18. The Morgan fingerprint density at radius 2 is 1.71 bits per heavy atom. The van der Waals surface area contributed by atoms with Gasteiger partial charge >= 0.3 is 5.97 Å². The minimum Gasteiger partial charge on any atom is -0.493 e. The van der Waals surface area contributed by atoms with Crippen molar-refractivity contribution in [2.24, 2.45) is 11.3 Å². The highest BCUT2D eigenvalue weighted by Gasteiger charge is 2.55. The number of methoxy groups -OCH3 is 2. The predicted molar refractivity (Wildman–Crippen MR) is 131 cm³/mol.